The number of esters is 1. The van der Waals surface area contributed by atoms with Gasteiger partial charge in [0, 0.05) is 25.1 Å². The number of thiazole rings is 1. The number of benzene rings is 2. The van der Waals surface area contributed by atoms with Gasteiger partial charge in [0.05, 0.1) is 42.2 Å². The summed E-state index contributed by atoms with van der Waals surface area (Å²) in [5.74, 6) is 0.516. The summed E-state index contributed by atoms with van der Waals surface area (Å²) in [5, 5.41) is 0. The Balaban J connectivity index is 1.72. The van der Waals surface area contributed by atoms with Crippen molar-refractivity contribution in [3.05, 3.63) is 103 Å². The van der Waals surface area contributed by atoms with Crippen LogP contribution in [0.5, 0.6) is 11.5 Å². The Morgan fingerprint density at radius 1 is 1.09 bits per heavy atom. The maximum Gasteiger partial charge on any atom is 0.338 e. The minimum atomic E-state index is -0.798. The lowest BCUT2D eigenvalue weighted by atomic mass is 9.95. The molecule has 0 unspecified atom stereocenters. The molecule has 0 saturated carbocycles. The molecule has 2 aromatic carbocycles. The van der Waals surface area contributed by atoms with Crippen LogP contribution in [0.2, 0.25) is 0 Å². The third kappa shape index (κ3) is 5.81. The number of aromatic nitrogens is 2. The molecular formula is C33H33BrIN3O5S. The van der Waals surface area contributed by atoms with Crippen LogP contribution in [0.1, 0.15) is 54.9 Å². The summed E-state index contributed by atoms with van der Waals surface area (Å²) in [4.78, 5) is 32.9. The fourth-order valence-electron chi connectivity index (χ4n) is 5.47. The van der Waals surface area contributed by atoms with Crippen LogP contribution in [0.15, 0.2) is 61.9 Å². The number of methoxy groups -OCH3 is 1. The summed E-state index contributed by atoms with van der Waals surface area (Å²) >= 11 is 7.33. The number of halogens is 2. The van der Waals surface area contributed by atoms with E-state index >= 15 is 0 Å². The molecule has 0 fully saturated rings. The van der Waals surface area contributed by atoms with E-state index in [4.69, 9.17) is 19.2 Å². The summed E-state index contributed by atoms with van der Waals surface area (Å²) in [5.41, 5.74) is 6.51. The summed E-state index contributed by atoms with van der Waals surface area (Å²) in [6, 6.07) is 11.3. The number of fused-ring (bicyclic) bond motifs is 1. The zero-order chi connectivity index (χ0) is 31.9. The Kier molecular flexibility index (Phi) is 9.57. The monoisotopic (exact) mass is 789 g/mol. The Hall–Kier alpha value is -3.16. The molecule has 0 N–H and O–H groups in total. The van der Waals surface area contributed by atoms with E-state index < -0.39 is 12.0 Å². The highest BCUT2D eigenvalue weighted by molar-refractivity contribution is 14.1. The lowest BCUT2D eigenvalue weighted by Crippen LogP contribution is -2.40. The number of nitrogens with zero attached hydrogens (tertiary/aromatic N) is 3. The highest BCUT2D eigenvalue weighted by atomic mass is 127. The first-order valence-corrected chi connectivity index (χ1v) is 16.8. The SMILES string of the molecule is CCOC(=O)C1=C(C)N=c2s/c(=C/c3cc(C)n(-c4ccc(C)c(I)c4)c3C)c(=O)n2[C@@H]1c1cc(OC)c(OCC)cc1Br. The lowest BCUT2D eigenvalue weighted by Gasteiger charge is -2.26. The van der Waals surface area contributed by atoms with Gasteiger partial charge in [-0.15, -0.1) is 0 Å². The lowest BCUT2D eigenvalue weighted by molar-refractivity contribution is -0.139. The summed E-state index contributed by atoms with van der Waals surface area (Å²) in [6.45, 7) is 12.3. The third-order valence-electron chi connectivity index (χ3n) is 7.56. The largest absolute Gasteiger partial charge is 0.493 e. The third-order valence-corrected chi connectivity index (χ3v) is 10.4. The molecule has 4 aromatic rings. The van der Waals surface area contributed by atoms with E-state index in [1.54, 1.807) is 37.7 Å². The van der Waals surface area contributed by atoms with Gasteiger partial charge in [-0.2, -0.15) is 0 Å². The number of aryl methyl sites for hydroxylation is 2. The molecule has 3 heterocycles. The van der Waals surface area contributed by atoms with Crippen molar-refractivity contribution in [3.63, 3.8) is 0 Å². The molecule has 2 aromatic heterocycles. The number of ether oxygens (including phenoxy) is 3. The fraction of sp³-hybridized carbons (Fsp3) is 0.303. The van der Waals surface area contributed by atoms with Crippen molar-refractivity contribution < 1.29 is 19.0 Å². The van der Waals surface area contributed by atoms with Gasteiger partial charge in [0.15, 0.2) is 16.3 Å². The van der Waals surface area contributed by atoms with E-state index in [9.17, 15) is 9.59 Å². The minimum Gasteiger partial charge on any atom is -0.493 e. The van der Waals surface area contributed by atoms with Crippen molar-refractivity contribution in [3.8, 4) is 17.2 Å². The highest BCUT2D eigenvalue weighted by Gasteiger charge is 2.35. The van der Waals surface area contributed by atoms with Gasteiger partial charge in [-0.3, -0.25) is 9.36 Å². The molecule has 8 nitrogen and oxygen atoms in total. The Morgan fingerprint density at radius 2 is 1.84 bits per heavy atom. The second-order valence-corrected chi connectivity index (χ2v) is 13.4. The molecule has 44 heavy (non-hydrogen) atoms. The molecule has 230 valence electrons. The maximum absolute atomic E-state index is 14.3. The number of hydrogen-bond donors (Lipinski definition) is 0. The van der Waals surface area contributed by atoms with Gasteiger partial charge in [-0.1, -0.05) is 33.3 Å². The normalized spacial score (nSPS) is 14.8. The second kappa shape index (κ2) is 13.1. The summed E-state index contributed by atoms with van der Waals surface area (Å²) in [7, 11) is 1.56. The predicted molar refractivity (Wildman–Crippen MR) is 185 cm³/mol. The molecule has 0 saturated heterocycles. The number of allylic oxidation sites excluding steroid dienone is 1. The van der Waals surface area contributed by atoms with Crippen LogP contribution in [-0.4, -0.2) is 35.4 Å². The molecule has 0 spiro atoms. The fourth-order valence-corrected chi connectivity index (χ4v) is 7.54. The smallest absolute Gasteiger partial charge is 0.338 e. The number of rotatable bonds is 8. The van der Waals surface area contributed by atoms with Crippen LogP contribution < -0.4 is 24.4 Å². The topological polar surface area (TPSA) is 84.1 Å². The van der Waals surface area contributed by atoms with E-state index in [0.717, 1.165) is 22.6 Å². The van der Waals surface area contributed by atoms with Crippen molar-refractivity contribution in [2.75, 3.05) is 20.3 Å². The van der Waals surface area contributed by atoms with Crippen LogP contribution in [0, 0.1) is 24.3 Å². The quantitative estimate of drug-likeness (QED) is 0.155. The summed E-state index contributed by atoms with van der Waals surface area (Å²) < 4.78 is 23.0. The Labute approximate surface area is 282 Å². The summed E-state index contributed by atoms with van der Waals surface area (Å²) in [6.07, 6.45) is 1.91. The van der Waals surface area contributed by atoms with Gasteiger partial charge in [0.2, 0.25) is 0 Å². The van der Waals surface area contributed by atoms with Crippen LogP contribution in [0.3, 0.4) is 0 Å². The molecular weight excluding hydrogens is 757 g/mol. The molecule has 0 amide bonds. The van der Waals surface area contributed by atoms with Crippen LogP contribution in [0.4, 0.5) is 0 Å². The average molecular weight is 791 g/mol. The molecule has 0 radical (unpaired) electrons. The first kappa shape index (κ1) is 32.2. The average Bonchev–Trinajstić information content (AvgIpc) is 3.43. The van der Waals surface area contributed by atoms with Crippen molar-refractivity contribution in [2.45, 2.75) is 47.6 Å². The van der Waals surface area contributed by atoms with Crippen molar-refractivity contribution in [2.24, 2.45) is 4.99 Å². The molecule has 5 rings (SSSR count). The zero-order valence-electron chi connectivity index (χ0n) is 25.6. The number of carbonyl (C=O) groups excluding carboxylic acids is 1. The second-order valence-electron chi connectivity index (χ2n) is 10.4. The molecule has 1 aliphatic rings. The van der Waals surface area contributed by atoms with E-state index in [1.165, 1.54) is 20.5 Å². The van der Waals surface area contributed by atoms with Crippen molar-refractivity contribution in [1.29, 1.82) is 0 Å². The highest BCUT2D eigenvalue weighted by Crippen LogP contribution is 2.41. The van der Waals surface area contributed by atoms with Gasteiger partial charge in [-0.25, -0.2) is 9.79 Å². The van der Waals surface area contributed by atoms with Crippen molar-refractivity contribution >= 4 is 61.9 Å². The van der Waals surface area contributed by atoms with Crippen molar-refractivity contribution in [1.82, 2.24) is 9.13 Å². The van der Waals surface area contributed by atoms with Gasteiger partial charge in [0.25, 0.3) is 5.56 Å². The van der Waals surface area contributed by atoms with Crippen LogP contribution in [0.25, 0.3) is 11.8 Å². The Morgan fingerprint density at radius 3 is 2.50 bits per heavy atom. The number of carbonyl (C=O) groups is 1. The minimum absolute atomic E-state index is 0.191. The molecule has 0 bridgehead atoms. The van der Waals surface area contributed by atoms with Gasteiger partial charge in [-0.05, 0) is 117 Å². The van der Waals surface area contributed by atoms with E-state index in [1.807, 2.05) is 13.0 Å². The van der Waals surface area contributed by atoms with E-state index in [-0.39, 0.29) is 12.2 Å². The standard InChI is InChI=1S/C33H33BrIN3O5S/c1-8-42-27-16-24(34)23(15-26(27)41-7)30-29(32(40)43-9-2)19(5)36-33-38(30)31(39)28(44-33)13-21-12-18(4)37(20(21)6)22-11-10-17(3)25(35)14-22/h10-16,30H,8-9H2,1-7H3/b28-13+/t30-/m1/s1. The predicted octanol–water partition coefficient (Wildman–Crippen LogP) is 6.29. The maximum atomic E-state index is 14.3. The van der Waals surface area contributed by atoms with Crippen LogP contribution >= 0.6 is 49.9 Å². The first-order valence-electron chi connectivity index (χ1n) is 14.2. The van der Waals surface area contributed by atoms with E-state index in [2.05, 4.69) is 88.1 Å². The first-order chi connectivity index (χ1) is 21.0. The molecule has 11 heteroatoms. The van der Waals surface area contributed by atoms with Gasteiger partial charge < -0.3 is 18.8 Å². The zero-order valence-corrected chi connectivity index (χ0v) is 30.1. The molecule has 0 aliphatic carbocycles. The van der Waals surface area contributed by atoms with Gasteiger partial charge in [0.1, 0.15) is 0 Å². The molecule has 1 aliphatic heterocycles. The number of hydrogen-bond acceptors (Lipinski definition) is 7. The van der Waals surface area contributed by atoms with Gasteiger partial charge >= 0.3 is 5.97 Å². The van der Waals surface area contributed by atoms with E-state index in [0.29, 0.717) is 48.7 Å². The van der Waals surface area contributed by atoms with Crippen LogP contribution in [-0.2, 0) is 9.53 Å². The molecule has 1 atom stereocenters. The Bertz CT molecular complexity index is 2010.